The highest BCUT2D eigenvalue weighted by Crippen LogP contribution is 2.37. The summed E-state index contributed by atoms with van der Waals surface area (Å²) in [6.07, 6.45) is 5.74. The quantitative estimate of drug-likeness (QED) is 0.778. The number of nitrogens with zero attached hydrogens (tertiary/aromatic N) is 3. The molecule has 5 nitrogen and oxygen atoms in total. The molecule has 1 saturated carbocycles. The Balaban J connectivity index is 2.02. The first kappa shape index (κ1) is 17.6. The Hall–Kier alpha value is -1.24. The first-order valence-corrected chi connectivity index (χ1v) is 9.62. The summed E-state index contributed by atoms with van der Waals surface area (Å²) in [7, 11) is 0. The first-order valence-electron chi connectivity index (χ1n) is 7.87. The molecule has 128 valence electrons. The molecule has 1 aromatic heterocycles. The van der Waals surface area contributed by atoms with E-state index in [9.17, 15) is 4.79 Å². The Morgan fingerprint density at radius 2 is 2.00 bits per heavy atom. The number of hydrogen-bond acceptors (Lipinski definition) is 4. The topological polar surface area (TPSA) is 73.8 Å². The minimum atomic E-state index is -0.371. The van der Waals surface area contributed by atoms with Gasteiger partial charge in [0.05, 0.1) is 10.8 Å². The number of rotatable bonds is 5. The minimum Gasteiger partial charge on any atom is -0.369 e. The van der Waals surface area contributed by atoms with Gasteiger partial charge in [-0.2, -0.15) is 0 Å². The molecule has 0 radical (unpaired) electrons. The number of halogens is 2. The molecule has 0 unspecified atom stereocenters. The molecule has 1 aliphatic carbocycles. The Morgan fingerprint density at radius 3 is 2.67 bits per heavy atom. The number of benzene rings is 1. The summed E-state index contributed by atoms with van der Waals surface area (Å²) < 4.78 is 2.11. The van der Waals surface area contributed by atoms with Crippen molar-refractivity contribution in [3.63, 3.8) is 0 Å². The van der Waals surface area contributed by atoms with E-state index in [4.69, 9.17) is 28.9 Å². The van der Waals surface area contributed by atoms with E-state index in [1.807, 2.05) is 6.07 Å². The summed E-state index contributed by atoms with van der Waals surface area (Å²) in [5, 5.41) is 10.5. The summed E-state index contributed by atoms with van der Waals surface area (Å²) in [4.78, 5) is 11.1. The zero-order valence-corrected chi connectivity index (χ0v) is 15.4. The number of amides is 1. The van der Waals surface area contributed by atoms with Gasteiger partial charge in [-0.25, -0.2) is 0 Å². The number of carbonyl (C=O) groups excluding carboxylic acids is 1. The predicted molar refractivity (Wildman–Crippen MR) is 97.5 cm³/mol. The molecule has 2 N–H and O–H groups in total. The van der Waals surface area contributed by atoms with Crippen molar-refractivity contribution >= 4 is 40.9 Å². The second-order valence-electron chi connectivity index (χ2n) is 5.85. The normalized spacial score (nSPS) is 15.6. The highest BCUT2D eigenvalue weighted by Gasteiger charge is 2.25. The van der Waals surface area contributed by atoms with E-state index in [1.54, 1.807) is 12.1 Å². The maximum atomic E-state index is 11.1. The second-order valence-corrected chi connectivity index (χ2v) is 7.63. The van der Waals surface area contributed by atoms with Crippen LogP contribution in [0.1, 0.15) is 38.1 Å². The van der Waals surface area contributed by atoms with Crippen LogP contribution in [0.2, 0.25) is 10.0 Å². The smallest absolute Gasteiger partial charge is 0.227 e. The standard InChI is InChI=1S/C16H18Cl2N4OS/c17-10-6-7-12(13(18)8-10)15-20-21-16(24-9-14(19)23)22(15)11-4-2-1-3-5-11/h6-8,11H,1-5,9H2,(H2,19,23). The third-order valence-corrected chi connectivity index (χ3v) is 5.63. The fourth-order valence-electron chi connectivity index (χ4n) is 3.03. The fraction of sp³-hybridized carbons (Fsp3) is 0.438. The zero-order chi connectivity index (χ0) is 17.1. The van der Waals surface area contributed by atoms with Crippen LogP contribution in [-0.2, 0) is 4.79 Å². The van der Waals surface area contributed by atoms with Crippen molar-refractivity contribution < 1.29 is 4.79 Å². The third kappa shape index (κ3) is 3.87. The van der Waals surface area contributed by atoms with Gasteiger partial charge in [0.2, 0.25) is 5.91 Å². The lowest BCUT2D eigenvalue weighted by molar-refractivity contribution is -0.115. The van der Waals surface area contributed by atoms with Crippen LogP contribution in [0.15, 0.2) is 23.4 Å². The lowest BCUT2D eigenvalue weighted by atomic mass is 9.95. The molecule has 1 amide bonds. The maximum absolute atomic E-state index is 11.1. The van der Waals surface area contributed by atoms with E-state index >= 15 is 0 Å². The molecule has 0 bridgehead atoms. The summed E-state index contributed by atoms with van der Waals surface area (Å²) in [6.45, 7) is 0. The molecule has 1 aromatic carbocycles. The van der Waals surface area contributed by atoms with Crippen LogP contribution in [0.5, 0.6) is 0 Å². The lowest BCUT2D eigenvalue weighted by Gasteiger charge is -2.25. The van der Waals surface area contributed by atoms with Crippen molar-refractivity contribution in [2.24, 2.45) is 5.73 Å². The number of hydrogen-bond donors (Lipinski definition) is 1. The average molecular weight is 385 g/mol. The van der Waals surface area contributed by atoms with Crippen LogP contribution in [0.4, 0.5) is 0 Å². The molecule has 0 saturated heterocycles. The Kier molecular flexibility index (Phi) is 5.69. The van der Waals surface area contributed by atoms with E-state index in [-0.39, 0.29) is 11.7 Å². The SMILES string of the molecule is NC(=O)CSc1nnc(-c2ccc(Cl)cc2Cl)n1C1CCCCC1. The Morgan fingerprint density at radius 1 is 1.25 bits per heavy atom. The molecule has 1 heterocycles. The van der Waals surface area contributed by atoms with Gasteiger partial charge in [-0.05, 0) is 31.0 Å². The molecule has 0 aliphatic heterocycles. The second kappa shape index (κ2) is 7.76. The number of aromatic nitrogens is 3. The molecule has 0 spiro atoms. The number of thioether (sulfide) groups is 1. The summed E-state index contributed by atoms with van der Waals surface area (Å²) >= 11 is 13.7. The average Bonchev–Trinajstić information content (AvgIpc) is 2.97. The van der Waals surface area contributed by atoms with Crippen LogP contribution >= 0.6 is 35.0 Å². The first-order chi connectivity index (χ1) is 11.6. The Labute approximate surface area is 154 Å². The molecule has 2 aromatic rings. The Bertz CT molecular complexity index is 744. The molecule has 24 heavy (non-hydrogen) atoms. The van der Waals surface area contributed by atoms with E-state index in [0.29, 0.717) is 21.2 Å². The van der Waals surface area contributed by atoms with Crippen molar-refractivity contribution in [3.8, 4) is 11.4 Å². The summed E-state index contributed by atoms with van der Waals surface area (Å²) in [5.41, 5.74) is 6.07. The lowest BCUT2D eigenvalue weighted by Crippen LogP contribution is -2.17. The van der Waals surface area contributed by atoms with E-state index in [2.05, 4.69) is 14.8 Å². The van der Waals surface area contributed by atoms with E-state index < -0.39 is 0 Å². The zero-order valence-electron chi connectivity index (χ0n) is 13.0. The van der Waals surface area contributed by atoms with Gasteiger partial charge >= 0.3 is 0 Å². The summed E-state index contributed by atoms with van der Waals surface area (Å²) in [6, 6.07) is 5.66. The van der Waals surface area contributed by atoms with Crippen LogP contribution in [0.25, 0.3) is 11.4 Å². The van der Waals surface area contributed by atoms with Gasteiger partial charge in [-0.15, -0.1) is 10.2 Å². The van der Waals surface area contributed by atoms with E-state index in [0.717, 1.165) is 24.2 Å². The van der Waals surface area contributed by atoms with Crippen molar-refractivity contribution in [2.75, 3.05) is 5.75 Å². The fourth-order valence-corrected chi connectivity index (χ4v) is 4.27. The van der Waals surface area contributed by atoms with Gasteiger partial charge in [0.15, 0.2) is 11.0 Å². The molecule has 8 heteroatoms. The molecular weight excluding hydrogens is 367 g/mol. The molecule has 3 rings (SSSR count). The van der Waals surface area contributed by atoms with Crippen LogP contribution in [0.3, 0.4) is 0 Å². The van der Waals surface area contributed by atoms with Crippen molar-refractivity contribution in [2.45, 2.75) is 43.3 Å². The van der Waals surface area contributed by atoms with Crippen molar-refractivity contribution in [1.82, 2.24) is 14.8 Å². The summed E-state index contributed by atoms with van der Waals surface area (Å²) in [5.74, 6) is 0.527. The molecule has 1 aliphatic rings. The number of primary amides is 1. The van der Waals surface area contributed by atoms with Gasteiger partial charge in [-0.1, -0.05) is 54.2 Å². The highest BCUT2D eigenvalue weighted by atomic mass is 35.5. The minimum absolute atomic E-state index is 0.180. The maximum Gasteiger partial charge on any atom is 0.227 e. The monoisotopic (exact) mass is 384 g/mol. The third-order valence-electron chi connectivity index (χ3n) is 4.12. The number of nitrogens with two attached hydrogens (primary N) is 1. The van der Waals surface area contributed by atoms with Crippen molar-refractivity contribution in [1.29, 1.82) is 0 Å². The van der Waals surface area contributed by atoms with Gasteiger partial charge in [-0.3, -0.25) is 9.36 Å². The van der Waals surface area contributed by atoms with Crippen LogP contribution in [0, 0.1) is 0 Å². The van der Waals surface area contributed by atoms with Gasteiger partial charge in [0.1, 0.15) is 0 Å². The largest absolute Gasteiger partial charge is 0.369 e. The van der Waals surface area contributed by atoms with Crippen molar-refractivity contribution in [3.05, 3.63) is 28.2 Å². The highest BCUT2D eigenvalue weighted by molar-refractivity contribution is 7.99. The molecular formula is C16H18Cl2N4OS. The van der Waals surface area contributed by atoms with Gasteiger partial charge < -0.3 is 5.73 Å². The van der Waals surface area contributed by atoms with Gasteiger partial charge in [0.25, 0.3) is 0 Å². The molecule has 0 atom stereocenters. The van der Waals surface area contributed by atoms with Gasteiger partial charge in [0, 0.05) is 16.6 Å². The molecule has 1 fully saturated rings. The van der Waals surface area contributed by atoms with Crippen LogP contribution in [-0.4, -0.2) is 26.4 Å². The number of carbonyl (C=O) groups is 1. The van der Waals surface area contributed by atoms with Crippen LogP contribution < -0.4 is 5.73 Å². The predicted octanol–water partition coefficient (Wildman–Crippen LogP) is 4.33. The van der Waals surface area contributed by atoms with E-state index in [1.165, 1.54) is 31.0 Å².